The van der Waals surface area contributed by atoms with Gasteiger partial charge in [0, 0.05) is 23.2 Å². The van der Waals surface area contributed by atoms with Gasteiger partial charge in [0.2, 0.25) is 0 Å². The summed E-state index contributed by atoms with van der Waals surface area (Å²) >= 11 is 1.66. The second-order valence-electron chi connectivity index (χ2n) is 6.97. The summed E-state index contributed by atoms with van der Waals surface area (Å²) in [5.41, 5.74) is 4.41. The van der Waals surface area contributed by atoms with Gasteiger partial charge in [0.05, 0.1) is 23.0 Å². The molecule has 0 radical (unpaired) electrons. The van der Waals surface area contributed by atoms with Crippen LogP contribution in [0.5, 0.6) is 0 Å². The standard InChI is InChI=1S/C24H17N3OS/c25-15-17-9-11-18(12-10-17)24(28)27-16-19-5-1-2-6-20(19)26-13-3-7-21(26)23(27)22-8-4-14-29-22/h1-14,23H,16H2/t23-/m0/s1. The second kappa shape index (κ2) is 7.08. The van der Waals surface area contributed by atoms with Gasteiger partial charge in [-0.05, 0) is 59.5 Å². The van der Waals surface area contributed by atoms with Crippen LogP contribution in [0.15, 0.2) is 84.4 Å². The lowest BCUT2D eigenvalue weighted by molar-refractivity contribution is 0.0693. The molecule has 140 valence electrons. The summed E-state index contributed by atoms with van der Waals surface area (Å²) in [5, 5.41) is 11.1. The lowest BCUT2D eigenvalue weighted by Crippen LogP contribution is -2.34. The van der Waals surface area contributed by atoms with Crippen LogP contribution in [-0.4, -0.2) is 15.4 Å². The largest absolute Gasteiger partial charge is 0.321 e. The van der Waals surface area contributed by atoms with Gasteiger partial charge in [0.1, 0.15) is 6.04 Å². The lowest BCUT2D eigenvalue weighted by Gasteiger charge is -2.30. The fourth-order valence-corrected chi connectivity index (χ4v) is 4.79. The first-order chi connectivity index (χ1) is 14.3. The van der Waals surface area contributed by atoms with Gasteiger partial charge in [0.25, 0.3) is 5.91 Å². The predicted octanol–water partition coefficient (Wildman–Crippen LogP) is 5.16. The highest BCUT2D eigenvalue weighted by Crippen LogP contribution is 2.38. The van der Waals surface area contributed by atoms with Gasteiger partial charge in [-0.1, -0.05) is 24.3 Å². The molecule has 29 heavy (non-hydrogen) atoms. The normalized spacial score (nSPS) is 15.1. The van der Waals surface area contributed by atoms with Crippen molar-refractivity contribution in [3.8, 4) is 11.8 Å². The third-order valence-electron chi connectivity index (χ3n) is 5.30. The van der Waals surface area contributed by atoms with Gasteiger partial charge in [-0.2, -0.15) is 5.26 Å². The Morgan fingerprint density at radius 3 is 2.59 bits per heavy atom. The summed E-state index contributed by atoms with van der Waals surface area (Å²) in [6, 6.07) is 25.2. The van der Waals surface area contributed by atoms with Crippen LogP contribution in [0.25, 0.3) is 5.69 Å². The molecule has 0 N–H and O–H groups in total. The maximum Gasteiger partial charge on any atom is 0.255 e. The molecule has 5 rings (SSSR count). The van der Waals surface area contributed by atoms with Crippen molar-refractivity contribution in [1.82, 2.24) is 9.47 Å². The smallest absolute Gasteiger partial charge is 0.255 e. The van der Waals surface area contributed by atoms with E-state index in [2.05, 4.69) is 41.1 Å². The maximum atomic E-state index is 13.6. The Morgan fingerprint density at radius 1 is 1.00 bits per heavy atom. The molecule has 2 aromatic carbocycles. The van der Waals surface area contributed by atoms with Crippen LogP contribution < -0.4 is 0 Å². The number of amides is 1. The highest BCUT2D eigenvalue weighted by Gasteiger charge is 2.33. The van der Waals surface area contributed by atoms with E-state index in [-0.39, 0.29) is 11.9 Å². The van der Waals surface area contributed by atoms with Crippen LogP contribution in [0.4, 0.5) is 0 Å². The minimum Gasteiger partial charge on any atom is -0.321 e. The Hall–Kier alpha value is -3.62. The van der Waals surface area contributed by atoms with Gasteiger partial charge in [0.15, 0.2) is 0 Å². The van der Waals surface area contributed by atoms with Crippen LogP contribution >= 0.6 is 11.3 Å². The molecular formula is C24H17N3OS. The molecule has 0 aliphatic carbocycles. The monoisotopic (exact) mass is 395 g/mol. The van der Waals surface area contributed by atoms with E-state index >= 15 is 0 Å². The molecule has 0 saturated heterocycles. The predicted molar refractivity (Wildman–Crippen MR) is 113 cm³/mol. The first-order valence-corrected chi connectivity index (χ1v) is 10.2. The fourth-order valence-electron chi connectivity index (χ4n) is 3.94. The molecule has 0 fully saturated rings. The Morgan fingerprint density at radius 2 is 1.83 bits per heavy atom. The highest BCUT2D eigenvalue weighted by atomic mass is 32.1. The molecule has 1 atom stereocenters. The summed E-state index contributed by atoms with van der Waals surface area (Å²) in [5.74, 6) is -0.0441. The van der Waals surface area contributed by atoms with Crippen molar-refractivity contribution in [2.75, 3.05) is 0 Å². The molecule has 4 aromatic rings. The van der Waals surface area contributed by atoms with Crippen molar-refractivity contribution < 1.29 is 4.79 Å². The number of aromatic nitrogens is 1. The van der Waals surface area contributed by atoms with E-state index in [0.29, 0.717) is 17.7 Å². The Labute approximate surface area is 172 Å². The van der Waals surface area contributed by atoms with Crippen LogP contribution in [0, 0.1) is 11.3 Å². The van der Waals surface area contributed by atoms with E-state index < -0.39 is 0 Å². The number of nitriles is 1. The average molecular weight is 395 g/mol. The molecule has 2 aromatic heterocycles. The van der Waals surface area contributed by atoms with Crippen molar-refractivity contribution in [3.63, 3.8) is 0 Å². The third-order valence-corrected chi connectivity index (χ3v) is 6.22. The zero-order valence-electron chi connectivity index (χ0n) is 15.5. The van der Waals surface area contributed by atoms with E-state index in [1.807, 2.05) is 34.5 Å². The summed E-state index contributed by atoms with van der Waals surface area (Å²) in [6.07, 6.45) is 2.06. The maximum absolute atomic E-state index is 13.6. The minimum atomic E-state index is -0.180. The number of carbonyl (C=O) groups excluding carboxylic acids is 1. The number of para-hydroxylation sites is 1. The first-order valence-electron chi connectivity index (χ1n) is 9.36. The number of benzene rings is 2. The second-order valence-corrected chi connectivity index (χ2v) is 7.95. The van der Waals surface area contributed by atoms with Crippen LogP contribution in [0.1, 0.15) is 38.1 Å². The van der Waals surface area contributed by atoms with E-state index in [1.165, 1.54) is 0 Å². The molecule has 4 nitrogen and oxygen atoms in total. The van der Waals surface area contributed by atoms with Gasteiger partial charge in [-0.3, -0.25) is 4.79 Å². The number of nitrogens with zero attached hydrogens (tertiary/aromatic N) is 3. The molecule has 0 saturated carbocycles. The van der Waals surface area contributed by atoms with Gasteiger partial charge in [-0.25, -0.2) is 0 Å². The summed E-state index contributed by atoms with van der Waals surface area (Å²) in [6.45, 7) is 0.513. The molecule has 3 heterocycles. The fraction of sp³-hybridized carbons (Fsp3) is 0.0833. The van der Waals surface area contributed by atoms with Crippen LogP contribution in [-0.2, 0) is 6.54 Å². The highest BCUT2D eigenvalue weighted by molar-refractivity contribution is 7.10. The van der Waals surface area contributed by atoms with Crippen LogP contribution in [0.2, 0.25) is 0 Å². The molecular weight excluding hydrogens is 378 g/mol. The van der Waals surface area contributed by atoms with Crippen molar-refractivity contribution in [2.24, 2.45) is 0 Å². The molecule has 1 aliphatic heterocycles. The average Bonchev–Trinajstić information content (AvgIpc) is 3.44. The van der Waals surface area contributed by atoms with Crippen molar-refractivity contribution in [3.05, 3.63) is 112 Å². The summed E-state index contributed by atoms with van der Waals surface area (Å²) in [7, 11) is 0. The van der Waals surface area contributed by atoms with Crippen molar-refractivity contribution >= 4 is 17.2 Å². The first kappa shape index (κ1) is 17.5. The molecule has 1 amide bonds. The van der Waals surface area contributed by atoms with E-state index in [1.54, 1.807) is 35.6 Å². The molecule has 0 spiro atoms. The number of hydrogen-bond donors (Lipinski definition) is 0. The van der Waals surface area contributed by atoms with Gasteiger partial charge in [-0.15, -0.1) is 11.3 Å². The van der Waals surface area contributed by atoms with Gasteiger partial charge >= 0.3 is 0 Å². The van der Waals surface area contributed by atoms with Crippen molar-refractivity contribution in [2.45, 2.75) is 12.6 Å². The number of thiophene rings is 1. The molecule has 0 bridgehead atoms. The van der Waals surface area contributed by atoms with Crippen molar-refractivity contribution in [1.29, 1.82) is 5.26 Å². The number of hydrogen-bond acceptors (Lipinski definition) is 3. The summed E-state index contributed by atoms with van der Waals surface area (Å²) < 4.78 is 2.19. The molecule has 1 aliphatic rings. The topological polar surface area (TPSA) is 49.0 Å². The Balaban J connectivity index is 1.68. The third kappa shape index (κ3) is 2.95. The molecule has 0 unspecified atom stereocenters. The number of rotatable bonds is 2. The van der Waals surface area contributed by atoms with E-state index in [4.69, 9.17) is 5.26 Å². The lowest BCUT2D eigenvalue weighted by atomic mass is 10.1. The van der Waals surface area contributed by atoms with Gasteiger partial charge < -0.3 is 9.47 Å². The van der Waals surface area contributed by atoms with Crippen LogP contribution in [0.3, 0.4) is 0 Å². The minimum absolute atomic E-state index is 0.0441. The summed E-state index contributed by atoms with van der Waals surface area (Å²) in [4.78, 5) is 16.7. The SMILES string of the molecule is N#Cc1ccc(C(=O)N2Cc3ccccc3-n3cccc3[C@H]2c2cccs2)cc1. The Bertz CT molecular complexity index is 1220. The quantitative estimate of drug-likeness (QED) is 0.471. The van der Waals surface area contributed by atoms with E-state index in [9.17, 15) is 4.79 Å². The number of carbonyl (C=O) groups is 1. The zero-order valence-corrected chi connectivity index (χ0v) is 16.3. The number of fused-ring (bicyclic) bond motifs is 3. The Kier molecular flexibility index (Phi) is 4.27. The molecule has 5 heteroatoms. The van der Waals surface area contributed by atoms with E-state index in [0.717, 1.165) is 21.8 Å². The zero-order chi connectivity index (χ0) is 19.8.